The number of hydrogen-bond donors (Lipinski definition) is 0. The fourth-order valence-electron chi connectivity index (χ4n) is 1.38. The van der Waals surface area contributed by atoms with E-state index in [4.69, 9.17) is 8.94 Å². The number of aromatic nitrogens is 2. The molecule has 3 aromatic rings. The molecule has 2 heterocycles. The van der Waals surface area contributed by atoms with Gasteiger partial charge in [-0.1, -0.05) is 17.3 Å². The summed E-state index contributed by atoms with van der Waals surface area (Å²) in [4.78, 5) is 4.02. The normalized spacial score (nSPS) is 10.9. The second kappa shape index (κ2) is 2.70. The highest BCUT2D eigenvalue weighted by Crippen LogP contribution is 2.25. The number of hydrogen-bond acceptors (Lipinski definition) is 4. The largest absolute Gasteiger partial charge is 0.443 e. The van der Waals surface area contributed by atoms with E-state index in [9.17, 15) is 0 Å². The Hall–Kier alpha value is -2.10. The molecule has 4 nitrogen and oxygen atoms in total. The summed E-state index contributed by atoms with van der Waals surface area (Å²) in [5.41, 5.74) is 1.38. The van der Waals surface area contributed by atoms with Crippen molar-refractivity contribution in [2.45, 2.75) is 0 Å². The fourth-order valence-corrected chi connectivity index (χ4v) is 1.38. The molecule has 3 rings (SSSR count). The third-order valence-electron chi connectivity index (χ3n) is 2.01. The monoisotopic (exact) mass is 186 g/mol. The molecule has 0 N–H and O–H groups in total. The van der Waals surface area contributed by atoms with Gasteiger partial charge in [-0.05, 0) is 12.1 Å². The number of oxazole rings is 1. The van der Waals surface area contributed by atoms with E-state index in [0.29, 0.717) is 11.6 Å². The maximum Gasteiger partial charge on any atom is 0.249 e. The average molecular weight is 186 g/mol. The van der Waals surface area contributed by atoms with Gasteiger partial charge in [0.2, 0.25) is 5.89 Å². The molecule has 0 unspecified atom stereocenters. The van der Waals surface area contributed by atoms with Gasteiger partial charge in [-0.25, -0.2) is 4.98 Å². The van der Waals surface area contributed by atoms with Crippen molar-refractivity contribution in [2.75, 3.05) is 0 Å². The molecule has 0 aliphatic heterocycles. The maximum absolute atomic E-state index is 5.15. The second-order valence-electron chi connectivity index (χ2n) is 2.86. The Morgan fingerprint density at radius 3 is 2.93 bits per heavy atom. The minimum absolute atomic E-state index is 0.481. The van der Waals surface area contributed by atoms with Crippen LogP contribution in [0.25, 0.3) is 22.6 Å². The highest BCUT2D eigenvalue weighted by molar-refractivity contribution is 5.88. The summed E-state index contributed by atoms with van der Waals surface area (Å²) in [6.07, 6.45) is 3.09. The zero-order valence-electron chi connectivity index (χ0n) is 7.18. The smallest absolute Gasteiger partial charge is 0.249 e. The Bertz CT molecular complexity index is 554. The summed E-state index contributed by atoms with van der Waals surface area (Å²) in [5.74, 6) is 0.481. The van der Waals surface area contributed by atoms with Crippen LogP contribution in [0.2, 0.25) is 0 Å². The van der Waals surface area contributed by atoms with Gasteiger partial charge in [0.05, 0.1) is 11.6 Å². The van der Waals surface area contributed by atoms with Gasteiger partial charge in [0.15, 0.2) is 11.3 Å². The van der Waals surface area contributed by atoms with E-state index in [2.05, 4.69) is 10.1 Å². The van der Waals surface area contributed by atoms with E-state index in [-0.39, 0.29) is 0 Å². The molecule has 0 fully saturated rings. The van der Waals surface area contributed by atoms with Crippen molar-refractivity contribution in [3.63, 3.8) is 0 Å². The summed E-state index contributed by atoms with van der Waals surface area (Å²) in [6, 6.07) is 7.60. The Morgan fingerprint density at radius 1 is 1.14 bits per heavy atom. The van der Waals surface area contributed by atoms with E-state index < -0.39 is 0 Å². The van der Waals surface area contributed by atoms with Crippen LogP contribution in [0, 0.1) is 0 Å². The van der Waals surface area contributed by atoms with Crippen LogP contribution >= 0.6 is 0 Å². The first-order valence-corrected chi connectivity index (χ1v) is 4.19. The molecular formula is C10H6N2O2. The molecule has 0 amide bonds. The summed E-state index contributed by atoms with van der Waals surface area (Å²) in [7, 11) is 0. The Morgan fingerprint density at radius 2 is 2.07 bits per heavy atom. The standard InChI is InChI=1S/C10H6N2O2/c1-2-4-8-7(3-1)9(12-14-8)10-11-5-6-13-10/h1-6H. The molecule has 68 valence electrons. The number of rotatable bonds is 1. The number of nitrogens with zero attached hydrogens (tertiary/aromatic N) is 2. The molecule has 0 aliphatic carbocycles. The lowest BCUT2D eigenvalue weighted by Gasteiger charge is -1.87. The summed E-state index contributed by atoms with van der Waals surface area (Å²) < 4.78 is 10.3. The van der Waals surface area contributed by atoms with Gasteiger partial charge in [-0.15, -0.1) is 0 Å². The lowest BCUT2D eigenvalue weighted by Crippen LogP contribution is -1.76. The third kappa shape index (κ3) is 0.939. The molecule has 4 heteroatoms. The van der Waals surface area contributed by atoms with Crippen LogP contribution < -0.4 is 0 Å². The van der Waals surface area contributed by atoms with Crippen molar-refractivity contribution >= 4 is 11.0 Å². The van der Waals surface area contributed by atoms with E-state index >= 15 is 0 Å². The van der Waals surface area contributed by atoms with E-state index in [0.717, 1.165) is 11.0 Å². The SMILES string of the molecule is c1ccc2c(-c3ncco3)noc2c1. The van der Waals surface area contributed by atoms with Crippen molar-refractivity contribution < 1.29 is 8.94 Å². The van der Waals surface area contributed by atoms with Gasteiger partial charge in [0, 0.05) is 0 Å². The molecule has 0 atom stereocenters. The predicted octanol–water partition coefficient (Wildman–Crippen LogP) is 2.48. The van der Waals surface area contributed by atoms with Crippen LogP contribution in [0.4, 0.5) is 0 Å². The Balaban J connectivity index is 2.33. The van der Waals surface area contributed by atoms with Gasteiger partial charge in [-0.2, -0.15) is 0 Å². The fraction of sp³-hybridized carbons (Fsp3) is 0. The Labute approximate surface area is 79.1 Å². The van der Waals surface area contributed by atoms with Crippen LogP contribution in [0.5, 0.6) is 0 Å². The van der Waals surface area contributed by atoms with Crippen molar-refractivity contribution in [3.05, 3.63) is 36.7 Å². The van der Waals surface area contributed by atoms with Crippen molar-refractivity contribution in [1.29, 1.82) is 0 Å². The molecule has 2 aromatic heterocycles. The molecule has 0 aliphatic rings. The predicted molar refractivity (Wildman–Crippen MR) is 49.5 cm³/mol. The first-order valence-electron chi connectivity index (χ1n) is 4.19. The van der Waals surface area contributed by atoms with Gasteiger partial charge in [0.25, 0.3) is 0 Å². The van der Waals surface area contributed by atoms with Gasteiger partial charge < -0.3 is 8.94 Å². The van der Waals surface area contributed by atoms with Crippen LogP contribution in [-0.4, -0.2) is 10.1 Å². The lowest BCUT2D eigenvalue weighted by molar-refractivity contribution is 0.454. The van der Waals surface area contributed by atoms with E-state index in [1.165, 1.54) is 6.26 Å². The molecule has 0 saturated carbocycles. The molecule has 0 radical (unpaired) electrons. The van der Waals surface area contributed by atoms with Crippen LogP contribution in [0.1, 0.15) is 0 Å². The second-order valence-corrected chi connectivity index (χ2v) is 2.86. The Kier molecular flexibility index (Phi) is 1.41. The average Bonchev–Trinajstić information content (AvgIpc) is 2.85. The molecule has 1 aromatic carbocycles. The summed E-state index contributed by atoms with van der Waals surface area (Å²) >= 11 is 0. The van der Waals surface area contributed by atoms with Crippen molar-refractivity contribution in [1.82, 2.24) is 10.1 Å². The third-order valence-corrected chi connectivity index (χ3v) is 2.01. The molecule has 0 spiro atoms. The minimum atomic E-state index is 0.481. The van der Waals surface area contributed by atoms with E-state index in [1.54, 1.807) is 6.20 Å². The molecule has 0 bridgehead atoms. The molecular weight excluding hydrogens is 180 g/mol. The zero-order chi connectivity index (χ0) is 9.38. The number of para-hydroxylation sites is 1. The topological polar surface area (TPSA) is 52.1 Å². The minimum Gasteiger partial charge on any atom is -0.443 e. The van der Waals surface area contributed by atoms with Gasteiger partial charge >= 0.3 is 0 Å². The van der Waals surface area contributed by atoms with E-state index in [1.807, 2.05) is 24.3 Å². The van der Waals surface area contributed by atoms with Gasteiger partial charge in [-0.3, -0.25) is 0 Å². The highest BCUT2D eigenvalue weighted by Gasteiger charge is 2.12. The zero-order valence-corrected chi connectivity index (χ0v) is 7.18. The first kappa shape index (κ1) is 7.32. The number of fused-ring (bicyclic) bond motifs is 1. The highest BCUT2D eigenvalue weighted by atomic mass is 16.5. The van der Waals surface area contributed by atoms with Crippen LogP contribution in [0.3, 0.4) is 0 Å². The number of benzene rings is 1. The summed E-state index contributed by atoms with van der Waals surface area (Å²) in [6.45, 7) is 0. The quantitative estimate of drug-likeness (QED) is 0.585. The maximum atomic E-state index is 5.15. The van der Waals surface area contributed by atoms with Crippen molar-refractivity contribution in [3.8, 4) is 11.6 Å². The van der Waals surface area contributed by atoms with Crippen LogP contribution in [-0.2, 0) is 0 Å². The molecule has 0 saturated heterocycles. The summed E-state index contributed by atoms with van der Waals surface area (Å²) in [5, 5.41) is 4.82. The van der Waals surface area contributed by atoms with Crippen molar-refractivity contribution in [2.24, 2.45) is 0 Å². The first-order chi connectivity index (χ1) is 6.95. The van der Waals surface area contributed by atoms with Crippen LogP contribution in [0.15, 0.2) is 45.7 Å². The lowest BCUT2D eigenvalue weighted by atomic mass is 10.2. The van der Waals surface area contributed by atoms with Gasteiger partial charge in [0.1, 0.15) is 6.26 Å². The molecule has 14 heavy (non-hydrogen) atoms.